The summed E-state index contributed by atoms with van der Waals surface area (Å²) < 4.78 is 4.87. The Morgan fingerprint density at radius 1 is 1.43 bits per heavy atom. The summed E-state index contributed by atoms with van der Waals surface area (Å²) in [6.45, 7) is 2.31. The van der Waals surface area contributed by atoms with Gasteiger partial charge in [-0.25, -0.2) is 0 Å². The number of nitrogens with zero attached hydrogens (tertiary/aromatic N) is 2. The minimum Gasteiger partial charge on any atom is -0.465 e. The van der Waals surface area contributed by atoms with E-state index >= 15 is 0 Å². The summed E-state index contributed by atoms with van der Waals surface area (Å²) in [6, 6.07) is 5.36. The maximum Gasteiger partial charge on any atom is 0.316 e. The van der Waals surface area contributed by atoms with E-state index in [0.29, 0.717) is 18.7 Å². The summed E-state index contributed by atoms with van der Waals surface area (Å²) in [7, 11) is 0. The normalized spacial score (nSPS) is 18.4. The van der Waals surface area contributed by atoms with Gasteiger partial charge in [0, 0.05) is 18.4 Å². The first-order chi connectivity index (χ1) is 10.1. The maximum atomic E-state index is 12.1. The van der Waals surface area contributed by atoms with Gasteiger partial charge in [-0.2, -0.15) is 0 Å². The van der Waals surface area contributed by atoms with Gasteiger partial charge >= 0.3 is 5.97 Å². The highest BCUT2D eigenvalue weighted by atomic mass is 16.5. The summed E-state index contributed by atoms with van der Waals surface area (Å²) in [4.78, 5) is 41.3. The fourth-order valence-electron chi connectivity index (χ4n) is 2.30. The topological polar surface area (TPSA) is 76.6 Å². The first-order valence-electron chi connectivity index (χ1n) is 6.99. The highest BCUT2D eigenvalue weighted by Gasteiger charge is 2.35. The lowest BCUT2D eigenvalue weighted by atomic mass is 9.95. The van der Waals surface area contributed by atoms with Gasteiger partial charge in [0.1, 0.15) is 5.92 Å². The number of ether oxygens (including phenoxy) is 1. The third kappa shape index (κ3) is 3.87. The molecule has 6 heteroatoms. The first kappa shape index (κ1) is 15.2. The number of carbonyl (C=O) groups is 3. The second-order valence-electron chi connectivity index (χ2n) is 4.87. The van der Waals surface area contributed by atoms with Crippen molar-refractivity contribution in [3.63, 3.8) is 0 Å². The fourth-order valence-corrected chi connectivity index (χ4v) is 2.30. The molecule has 0 spiro atoms. The number of aromatic nitrogens is 1. The zero-order chi connectivity index (χ0) is 15.2. The predicted molar refractivity (Wildman–Crippen MR) is 74.3 cm³/mol. The molecule has 1 aromatic heterocycles. The van der Waals surface area contributed by atoms with Gasteiger partial charge in [-0.15, -0.1) is 0 Å². The van der Waals surface area contributed by atoms with Crippen molar-refractivity contribution in [2.45, 2.75) is 19.8 Å². The van der Waals surface area contributed by atoms with Crippen LogP contribution in [0.5, 0.6) is 0 Å². The number of esters is 1. The molecule has 1 aromatic rings. The van der Waals surface area contributed by atoms with E-state index in [9.17, 15) is 14.4 Å². The molecule has 112 valence electrons. The van der Waals surface area contributed by atoms with Crippen LogP contribution in [0.1, 0.15) is 19.0 Å². The minimum atomic E-state index is -0.733. The summed E-state index contributed by atoms with van der Waals surface area (Å²) in [5.41, 5.74) is 0.669. The van der Waals surface area contributed by atoms with E-state index in [4.69, 9.17) is 4.74 Å². The molecule has 21 heavy (non-hydrogen) atoms. The number of pyridine rings is 1. The molecule has 6 nitrogen and oxygen atoms in total. The van der Waals surface area contributed by atoms with Crippen LogP contribution in [-0.4, -0.2) is 47.2 Å². The van der Waals surface area contributed by atoms with Crippen molar-refractivity contribution in [2.75, 3.05) is 19.7 Å². The third-order valence-electron chi connectivity index (χ3n) is 3.41. The third-order valence-corrected chi connectivity index (χ3v) is 3.41. The summed E-state index contributed by atoms with van der Waals surface area (Å²) >= 11 is 0. The van der Waals surface area contributed by atoms with E-state index in [1.54, 1.807) is 25.3 Å². The number of amides is 1. The Morgan fingerprint density at radius 2 is 2.24 bits per heavy atom. The fraction of sp³-hybridized carbons (Fsp3) is 0.467. The lowest BCUT2D eigenvalue weighted by molar-refractivity contribution is -0.155. The van der Waals surface area contributed by atoms with Crippen LogP contribution >= 0.6 is 0 Å². The Bertz CT molecular complexity index is 530. The summed E-state index contributed by atoms with van der Waals surface area (Å²) in [6.07, 6.45) is 2.12. The Morgan fingerprint density at radius 3 is 2.86 bits per heavy atom. The standard InChI is InChI=1S/C15H18N2O4/c1-2-21-15(20)12-6-8-17(10-13(12)18)14(19)9-11-5-3-4-7-16-11/h3-5,7,12H,2,6,8-10H2,1H3. The SMILES string of the molecule is CCOC(=O)C1CCN(C(=O)Cc2ccccn2)CC1=O. The van der Waals surface area contributed by atoms with E-state index < -0.39 is 11.9 Å². The molecule has 1 amide bonds. The number of carbonyl (C=O) groups excluding carboxylic acids is 3. The second-order valence-corrected chi connectivity index (χ2v) is 4.87. The van der Waals surface area contributed by atoms with E-state index in [0.717, 1.165) is 0 Å². The van der Waals surface area contributed by atoms with E-state index in [-0.39, 0.29) is 31.3 Å². The van der Waals surface area contributed by atoms with Crippen LogP contribution in [-0.2, 0) is 25.5 Å². The zero-order valence-electron chi connectivity index (χ0n) is 11.9. The highest BCUT2D eigenvalue weighted by molar-refractivity contribution is 6.02. The second kappa shape index (κ2) is 6.97. The molecule has 2 heterocycles. The maximum absolute atomic E-state index is 12.1. The number of hydrogen-bond acceptors (Lipinski definition) is 5. The van der Waals surface area contributed by atoms with Gasteiger partial charge in [0.15, 0.2) is 5.78 Å². The van der Waals surface area contributed by atoms with Crippen LogP contribution < -0.4 is 0 Å². The van der Waals surface area contributed by atoms with Crippen molar-refractivity contribution in [2.24, 2.45) is 5.92 Å². The average molecular weight is 290 g/mol. The number of Topliss-reactive ketones (excluding diaryl/α,β-unsaturated/α-hetero) is 1. The molecule has 1 fully saturated rings. The lowest BCUT2D eigenvalue weighted by Gasteiger charge is -2.29. The molecule has 1 aliphatic heterocycles. The molecule has 1 atom stereocenters. The largest absolute Gasteiger partial charge is 0.465 e. The molecule has 1 saturated heterocycles. The molecule has 0 radical (unpaired) electrons. The van der Waals surface area contributed by atoms with E-state index in [2.05, 4.69) is 4.98 Å². The molecule has 0 N–H and O–H groups in total. The molecule has 0 aliphatic carbocycles. The predicted octanol–water partition coefficient (Wildman–Crippen LogP) is 0.605. The van der Waals surface area contributed by atoms with Crippen molar-refractivity contribution in [1.29, 1.82) is 0 Å². The Hall–Kier alpha value is -2.24. The van der Waals surface area contributed by atoms with Crippen molar-refractivity contribution in [3.05, 3.63) is 30.1 Å². The van der Waals surface area contributed by atoms with Crippen LogP contribution in [0.3, 0.4) is 0 Å². The number of piperidine rings is 1. The van der Waals surface area contributed by atoms with Crippen molar-refractivity contribution in [1.82, 2.24) is 9.88 Å². The number of likely N-dealkylation sites (tertiary alicyclic amines) is 1. The summed E-state index contributed by atoms with van der Waals surface area (Å²) in [5, 5.41) is 0. The van der Waals surface area contributed by atoms with Gasteiger partial charge in [0.2, 0.25) is 5.91 Å². The van der Waals surface area contributed by atoms with Crippen molar-refractivity contribution in [3.8, 4) is 0 Å². The zero-order valence-corrected chi connectivity index (χ0v) is 11.9. The van der Waals surface area contributed by atoms with Gasteiger partial charge in [0.25, 0.3) is 0 Å². The molecule has 2 rings (SSSR count). The van der Waals surface area contributed by atoms with Crippen LogP contribution in [0.25, 0.3) is 0 Å². The van der Waals surface area contributed by atoms with Gasteiger partial charge in [-0.3, -0.25) is 19.4 Å². The molecule has 1 unspecified atom stereocenters. The highest BCUT2D eigenvalue weighted by Crippen LogP contribution is 2.16. The molecule has 0 aromatic carbocycles. The number of rotatable bonds is 4. The van der Waals surface area contributed by atoms with Crippen LogP contribution in [0.4, 0.5) is 0 Å². The lowest BCUT2D eigenvalue weighted by Crippen LogP contribution is -2.47. The quantitative estimate of drug-likeness (QED) is 0.599. The average Bonchev–Trinajstić information content (AvgIpc) is 2.48. The molecular weight excluding hydrogens is 272 g/mol. The van der Waals surface area contributed by atoms with E-state index in [1.807, 2.05) is 6.07 Å². The molecule has 1 aliphatic rings. The molecule has 0 bridgehead atoms. The van der Waals surface area contributed by atoms with Gasteiger partial charge < -0.3 is 9.64 Å². The number of ketones is 1. The molecule has 0 saturated carbocycles. The number of hydrogen-bond donors (Lipinski definition) is 0. The van der Waals surface area contributed by atoms with Gasteiger partial charge in [0.05, 0.1) is 19.6 Å². The molecular formula is C15H18N2O4. The van der Waals surface area contributed by atoms with Crippen molar-refractivity contribution < 1.29 is 19.1 Å². The van der Waals surface area contributed by atoms with Gasteiger partial charge in [-0.05, 0) is 25.5 Å². The van der Waals surface area contributed by atoms with Gasteiger partial charge in [-0.1, -0.05) is 6.07 Å². The minimum absolute atomic E-state index is 0.0326. The van der Waals surface area contributed by atoms with Crippen LogP contribution in [0, 0.1) is 5.92 Å². The Balaban J connectivity index is 1.91. The summed E-state index contributed by atoms with van der Waals surface area (Å²) in [5.74, 6) is -1.62. The van der Waals surface area contributed by atoms with Crippen LogP contribution in [0.15, 0.2) is 24.4 Å². The first-order valence-corrected chi connectivity index (χ1v) is 6.99. The van der Waals surface area contributed by atoms with Crippen LogP contribution in [0.2, 0.25) is 0 Å². The Kier molecular flexibility index (Phi) is 5.03. The van der Waals surface area contributed by atoms with E-state index in [1.165, 1.54) is 4.90 Å². The Labute approximate surface area is 123 Å². The smallest absolute Gasteiger partial charge is 0.316 e. The van der Waals surface area contributed by atoms with Crippen molar-refractivity contribution >= 4 is 17.7 Å². The monoisotopic (exact) mass is 290 g/mol.